The van der Waals surface area contributed by atoms with E-state index < -0.39 is 0 Å². The van der Waals surface area contributed by atoms with Gasteiger partial charge in [0.1, 0.15) is 4.32 Å². The zero-order valence-electron chi connectivity index (χ0n) is 13.4. The van der Waals surface area contributed by atoms with Crippen LogP contribution in [0.2, 0.25) is 0 Å². The van der Waals surface area contributed by atoms with Crippen LogP contribution in [0.3, 0.4) is 0 Å². The van der Waals surface area contributed by atoms with Crippen molar-refractivity contribution in [3.8, 4) is 0 Å². The van der Waals surface area contributed by atoms with Crippen molar-refractivity contribution in [1.82, 2.24) is 9.80 Å². The van der Waals surface area contributed by atoms with Crippen LogP contribution in [0.15, 0.2) is 42.5 Å². The van der Waals surface area contributed by atoms with Crippen LogP contribution >= 0.6 is 35.3 Å². The highest BCUT2D eigenvalue weighted by molar-refractivity contribution is 8.23. The van der Waals surface area contributed by atoms with Crippen molar-refractivity contribution in [2.45, 2.75) is 19.9 Å². The Hall–Kier alpha value is -0.880. The van der Waals surface area contributed by atoms with Gasteiger partial charge in [0.25, 0.3) is 0 Å². The molecule has 1 saturated heterocycles. The van der Waals surface area contributed by atoms with Gasteiger partial charge in [0.15, 0.2) is 0 Å². The van der Waals surface area contributed by atoms with Crippen molar-refractivity contribution < 1.29 is 0 Å². The maximum Gasteiger partial charge on any atom is 0.137 e. The van der Waals surface area contributed by atoms with E-state index in [1.54, 1.807) is 11.8 Å². The Morgan fingerprint density at radius 3 is 2.65 bits per heavy atom. The molecule has 0 radical (unpaired) electrons. The summed E-state index contributed by atoms with van der Waals surface area (Å²) in [4.78, 5) is 7.69. The first-order valence-electron chi connectivity index (χ1n) is 7.94. The summed E-state index contributed by atoms with van der Waals surface area (Å²) < 4.78 is 1.05. The van der Waals surface area contributed by atoms with Crippen molar-refractivity contribution >= 4 is 39.6 Å². The average Bonchev–Trinajstić information content (AvgIpc) is 3.15. The van der Waals surface area contributed by atoms with Gasteiger partial charge < -0.3 is 4.90 Å². The van der Waals surface area contributed by atoms with Gasteiger partial charge in [0, 0.05) is 35.1 Å². The Balaban J connectivity index is 1.63. The SMILES string of the molecule is Cc1ccc(CN(CCc2ccccc2)CN2CCSC2=S)s1. The summed E-state index contributed by atoms with van der Waals surface area (Å²) >= 11 is 9.17. The van der Waals surface area contributed by atoms with Crippen LogP contribution in [0.4, 0.5) is 0 Å². The van der Waals surface area contributed by atoms with Crippen LogP contribution in [0.25, 0.3) is 0 Å². The molecule has 0 unspecified atom stereocenters. The van der Waals surface area contributed by atoms with E-state index >= 15 is 0 Å². The van der Waals surface area contributed by atoms with Gasteiger partial charge in [-0.25, -0.2) is 0 Å². The minimum Gasteiger partial charge on any atom is -0.344 e. The topological polar surface area (TPSA) is 6.48 Å². The lowest BCUT2D eigenvalue weighted by molar-refractivity contribution is 0.192. The Morgan fingerprint density at radius 1 is 1.17 bits per heavy atom. The number of benzene rings is 1. The largest absolute Gasteiger partial charge is 0.344 e. The van der Waals surface area contributed by atoms with Gasteiger partial charge in [-0.2, -0.15) is 0 Å². The van der Waals surface area contributed by atoms with Crippen molar-refractivity contribution in [3.63, 3.8) is 0 Å². The zero-order valence-corrected chi connectivity index (χ0v) is 15.9. The van der Waals surface area contributed by atoms with Crippen LogP contribution in [-0.4, -0.2) is 39.6 Å². The van der Waals surface area contributed by atoms with Gasteiger partial charge in [0.2, 0.25) is 0 Å². The number of rotatable bonds is 7. The summed E-state index contributed by atoms with van der Waals surface area (Å²) in [6, 6.07) is 15.2. The molecule has 0 bridgehead atoms. The van der Waals surface area contributed by atoms with E-state index in [0.29, 0.717) is 0 Å². The first-order valence-corrected chi connectivity index (χ1v) is 10.1. The first-order chi connectivity index (χ1) is 11.2. The molecule has 0 amide bonds. The molecule has 1 aliphatic heterocycles. The van der Waals surface area contributed by atoms with Crippen molar-refractivity contribution in [1.29, 1.82) is 0 Å². The molecule has 1 aromatic carbocycles. The van der Waals surface area contributed by atoms with Crippen LogP contribution in [-0.2, 0) is 13.0 Å². The minimum atomic E-state index is 0.940. The quantitative estimate of drug-likeness (QED) is 0.674. The second-order valence-corrected chi connectivity index (χ2v) is 8.92. The van der Waals surface area contributed by atoms with Crippen molar-refractivity contribution in [2.24, 2.45) is 0 Å². The summed E-state index contributed by atoms with van der Waals surface area (Å²) in [5.74, 6) is 1.13. The van der Waals surface area contributed by atoms with E-state index in [4.69, 9.17) is 12.2 Å². The molecule has 3 rings (SSSR count). The molecule has 0 aliphatic carbocycles. The predicted molar refractivity (Wildman–Crippen MR) is 106 cm³/mol. The van der Waals surface area contributed by atoms with E-state index in [1.807, 2.05) is 11.3 Å². The molecule has 1 aliphatic rings. The summed E-state index contributed by atoms with van der Waals surface area (Å²) in [7, 11) is 0. The number of hydrogen-bond acceptors (Lipinski definition) is 4. The molecule has 0 N–H and O–H groups in total. The highest BCUT2D eigenvalue weighted by Gasteiger charge is 2.20. The molecule has 1 aromatic heterocycles. The Morgan fingerprint density at radius 2 is 2.00 bits per heavy atom. The van der Waals surface area contributed by atoms with E-state index in [-0.39, 0.29) is 0 Å². The van der Waals surface area contributed by atoms with E-state index in [2.05, 4.69) is 59.2 Å². The molecule has 122 valence electrons. The second kappa shape index (κ2) is 8.29. The molecule has 0 atom stereocenters. The van der Waals surface area contributed by atoms with E-state index in [9.17, 15) is 0 Å². The van der Waals surface area contributed by atoms with Gasteiger partial charge in [-0.05, 0) is 31.0 Å². The molecule has 2 nitrogen and oxygen atoms in total. The molecule has 5 heteroatoms. The fraction of sp³-hybridized carbons (Fsp3) is 0.389. The molecule has 1 fully saturated rings. The van der Waals surface area contributed by atoms with Crippen LogP contribution in [0.1, 0.15) is 15.3 Å². The highest BCUT2D eigenvalue weighted by Crippen LogP contribution is 2.21. The number of nitrogens with zero attached hydrogens (tertiary/aromatic N) is 2. The third-order valence-electron chi connectivity index (χ3n) is 3.95. The van der Waals surface area contributed by atoms with Gasteiger partial charge in [-0.15, -0.1) is 11.3 Å². The first kappa shape index (κ1) is 17.0. The third-order valence-corrected chi connectivity index (χ3v) is 6.44. The summed E-state index contributed by atoms with van der Waals surface area (Å²) in [5.41, 5.74) is 1.40. The highest BCUT2D eigenvalue weighted by atomic mass is 32.2. The standard InChI is InChI=1S/C18H22N2S3/c1-15-7-8-17(23-15)13-19(14-20-11-12-22-18(20)21)10-9-16-5-3-2-4-6-16/h2-8H,9-14H2,1H3. The average molecular weight is 363 g/mol. The Bertz CT molecular complexity index is 639. The monoisotopic (exact) mass is 362 g/mol. The number of aryl methyl sites for hydroxylation is 1. The lowest BCUT2D eigenvalue weighted by Gasteiger charge is -2.28. The summed E-state index contributed by atoms with van der Waals surface area (Å²) in [6.07, 6.45) is 1.08. The van der Waals surface area contributed by atoms with Crippen LogP contribution in [0, 0.1) is 6.92 Å². The lowest BCUT2D eigenvalue weighted by atomic mass is 10.1. The Kier molecular flexibility index (Phi) is 6.11. The molecule has 2 heterocycles. The molecule has 0 saturated carbocycles. The third kappa shape index (κ3) is 5.05. The van der Waals surface area contributed by atoms with Crippen molar-refractivity contribution in [2.75, 3.05) is 25.5 Å². The normalized spacial score (nSPS) is 14.9. The maximum atomic E-state index is 5.47. The van der Waals surface area contributed by atoms with E-state index in [0.717, 1.165) is 42.8 Å². The minimum absolute atomic E-state index is 0.940. The summed E-state index contributed by atoms with van der Waals surface area (Å²) in [6.45, 7) is 6.26. The van der Waals surface area contributed by atoms with Gasteiger partial charge in [-0.1, -0.05) is 54.3 Å². The van der Waals surface area contributed by atoms with E-state index in [1.165, 1.54) is 15.3 Å². The molecule has 0 spiro atoms. The zero-order chi connectivity index (χ0) is 16.1. The van der Waals surface area contributed by atoms with Crippen LogP contribution < -0.4 is 0 Å². The Labute approximate surface area is 152 Å². The van der Waals surface area contributed by atoms with Gasteiger partial charge in [0.05, 0.1) is 6.67 Å². The van der Waals surface area contributed by atoms with Gasteiger partial charge in [-0.3, -0.25) is 4.90 Å². The molecule has 2 aromatic rings. The fourth-order valence-corrected chi connectivity index (χ4v) is 4.87. The second-order valence-electron chi connectivity index (χ2n) is 5.82. The predicted octanol–water partition coefficient (Wildman–Crippen LogP) is 4.39. The number of thiocarbonyl (C=S) groups is 1. The number of thiophene rings is 1. The number of hydrogen-bond donors (Lipinski definition) is 0. The number of thioether (sulfide) groups is 1. The van der Waals surface area contributed by atoms with Crippen molar-refractivity contribution in [3.05, 3.63) is 57.8 Å². The fourth-order valence-electron chi connectivity index (χ4n) is 2.72. The molecule has 23 heavy (non-hydrogen) atoms. The lowest BCUT2D eigenvalue weighted by Crippen LogP contribution is -2.38. The maximum absolute atomic E-state index is 5.47. The smallest absolute Gasteiger partial charge is 0.137 e. The van der Waals surface area contributed by atoms with Crippen LogP contribution in [0.5, 0.6) is 0 Å². The molecular formula is C18H22N2S3. The van der Waals surface area contributed by atoms with Gasteiger partial charge >= 0.3 is 0 Å². The summed E-state index contributed by atoms with van der Waals surface area (Å²) in [5, 5.41) is 0. The molecular weight excluding hydrogens is 340 g/mol.